The number of nitrogens with zero attached hydrogens (tertiary/aromatic N) is 1. The van der Waals surface area contributed by atoms with Crippen molar-refractivity contribution in [1.82, 2.24) is 4.90 Å². The molecule has 3 nitrogen and oxygen atoms in total. The molecule has 0 fully saturated rings. The Hall–Kier alpha value is -1.25. The van der Waals surface area contributed by atoms with E-state index in [9.17, 15) is 4.79 Å². The number of hydrogen-bond donors (Lipinski definition) is 0. The van der Waals surface area contributed by atoms with Gasteiger partial charge >= 0.3 is 0 Å². The van der Waals surface area contributed by atoms with E-state index in [2.05, 4.69) is 11.9 Å². The van der Waals surface area contributed by atoms with Crippen molar-refractivity contribution in [3.63, 3.8) is 0 Å². The first-order chi connectivity index (χ1) is 6.31. The molecular formula is C10H13NO2. The van der Waals surface area contributed by atoms with Crippen LogP contribution in [0.15, 0.2) is 23.1 Å². The lowest BCUT2D eigenvalue weighted by Gasteiger charge is -2.31. The predicted octanol–water partition coefficient (Wildman–Crippen LogP) is 1.08. The van der Waals surface area contributed by atoms with Gasteiger partial charge in [0.05, 0.1) is 12.2 Å². The van der Waals surface area contributed by atoms with Crippen LogP contribution in [0, 0.1) is 0 Å². The molecule has 0 aromatic heterocycles. The third-order valence-corrected chi connectivity index (χ3v) is 2.55. The molecule has 3 heteroatoms. The van der Waals surface area contributed by atoms with Crippen molar-refractivity contribution in [1.29, 1.82) is 0 Å². The molecule has 0 saturated carbocycles. The average Bonchev–Trinajstić information content (AvgIpc) is 2.18. The fourth-order valence-corrected chi connectivity index (χ4v) is 1.73. The van der Waals surface area contributed by atoms with E-state index in [1.807, 2.05) is 6.08 Å². The lowest BCUT2D eigenvalue weighted by molar-refractivity contribution is -0.105. The molecule has 0 aromatic carbocycles. The third kappa shape index (κ3) is 1.46. The van der Waals surface area contributed by atoms with Crippen LogP contribution in [-0.2, 0) is 9.53 Å². The van der Waals surface area contributed by atoms with Gasteiger partial charge in [-0.1, -0.05) is 0 Å². The molecule has 0 saturated heterocycles. The van der Waals surface area contributed by atoms with Gasteiger partial charge in [0, 0.05) is 7.05 Å². The summed E-state index contributed by atoms with van der Waals surface area (Å²) in [5.41, 5.74) is 2.07. The minimum Gasteiger partial charge on any atom is -0.490 e. The normalized spacial score (nSPS) is 21.9. The zero-order valence-electron chi connectivity index (χ0n) is 7.75. The fraction of sp³-hybridized carbons (Fsp3) is 0.500. The van der Waals surface area contributed by atoms with Crippen molar-refractivity contribution in [2.24, 2.45) is 0 Å². The molecule has 0 amide bonds. The summed E-state index contributed by atoms with van der Waals surface area (Å²) in [4.78, 5) is 12.8. The number of carbonyl (C=O) groups excluding carboxylic acids is 1. The number of rotatable bonds is 1. The zero-order chi connectivity index (χ0) is 9.26. The Kier molecular flexibility index (Phi) is 2.08. The van der Waals surface area contributed by atoms with Gasteiger partial charge in [0.25, 0.3) is 0 Å². The lowest BCUT2D eigenvalue weighted by atomic mass is 10.0. The maximum absolute atomic E-state index is 10.6. The molecule has 0 N–H and O–H groups in total. The number of allylic oxidation sites excluding steroid dienone is 3. The Morgan fingerprint density at radius 2 is 2.38 bits per heavy atom. The number of carbonyl (C=O) groups is 1. The summed E-state index contributed by atoms with van der Waals surface area (Å²) >= 11 is 0. The van der Waals surface area contributed by atoms with Crippen LogP contribution >= 0.6 is 0 Å². The molecule has 0 unspecified atom stereocenters. The van der Waals surface area contributed by atoms with Gasteiger partial charge in [-0.05, 0) is 24.5 Å². The third-order valence-electron chi connectivity index (χ3n) is 2.55. The molecule has 1 aliphatic heterocycles. The number of aldehydes is 1. The van der Waals surface area contributed by atoms with Gasteiger partial charge in [0.2, 0.25) is 0 Å². The van der Waals surface area contributed by atoms with Crippen molar-refractivity contribution >= 4 is 6.29 Å². The monoisotopic (exact) mass is 179 g/mol. The maximum Gasteiger partial charge on any atom is 0.146 e. The molecule has 0 atom stereocenters. The molecular weight excluding hydrogens is 166 g/mol. The van der Waals surface area contributed by atoms with E-state index in [0.29, 0.717) is 0 Å². The molecule has 70 valence electrons. The van der Waals surface area contributed by atoms with E-state index in [4.69, 9.17) is 4.74 Å². The summed E-state index contributed by atoms with van der Waals surface area (Å²) in [5.74, 6) is 0.891. The van der Waals surface area contributed by atoms with E-state index in [1.165, 1.54) is 5.70 Å². The minimum absolute atomic E-state index is 0.720. The van der Waals surface area contributed by atoms with E-state index in [0.717, 1.165) is 43.6 Å². The minimum atomic E-state index is 0.720. The van der Waals surface area contributed by atoms with Crippen LogP contribution in [0.4, 0.5) is 0 Å². The van der Waals surface area contributed by atoms with Crippen molar-refractivity contribution in [2.75, 3.05) is 20.2 Å². The van der Waals surface area contributed by atoms with Gasteiger partial charge in [-0.2, -0.15) is 0 Å². The average molecular weight is 179 g/mol. The standard InChI is InChI=1S/C10H13NO2/c1-11-4-5-13-10-6-8(7-12)2-3-9(10)11/h6-7H,2-5H2,1H3. The quantitative estimate of drug-likeness (QED) is 0.564. The van der Waals surface area contributed by atoms with Crippen LogP contribution in [0.1, 0.15) is 12.8 Å². The largest absolute Gasteiger partial charge is 0.490 e. The Morgan fingerprint density at radius 3 is 3.15 bits per heavy atom. The van der Waals surface area contributed by atoms with Gasteiger partial charge in [-0.25, -0.2) is 0 Å². The van der Waals surface area contributed by atoms with E-state index in [-0.39, 0.29) is 0 Å². The molecule has 1 heterocycles. The van der Waals surface area contributed by atoms with Crippen molar-refractivity contribution < 1.29 is 9.53 Å². The topological polar surface area (TPSA) is 29.5 Å². The Bertz CT molecular complexity index is 291. The molecule has 13 heavy (non-hydrogen) atoms. The molecule has 2 rings (SSSR count). The molecule has 0 aromatic rings. The zero-order valence-corrected chi connectivity index (χ0v) is 7.75. The summed E-state index contributed by atoms with van der Waals surface area (Å²) < 4.78 is 5.49. The maximum atomic E-state index is 10.6. The van der Waals surface area contributed by atoms with Crippen molar-refractivity contribution in [3.8, 4) is 0 Å². The van der Waals surface area contributed by atoms with Crippen LogP contribution in [0.25, 0.3) is 0 Å². The highest BCUT2D eigenvalue weighted by Crippen LogP contribution is 2.27. The lowest BCUT2D eigenvalue weighted by Crippen LogP contribution is -2.30. The summed E-state index contributed by atoms with van der Waals surface area (Å²) in [6, 6.07) is 0. The second kappa shape index (κ2) is 3.24. The first-order valence-electron chi connectivity index (χ1n) is 4.54. The Labute approximate surface area is 77.7 Å². The second-order valence-corrected chi connectivity index (χ2v) is 3.42. The Morgan fingerprint density at radius 1 is 1.54 bits per heavy atom. The first kappa shape index (κ1) is 8.35. The Balaban J connectivity index is 2.30. The molecule has 0 bridgehead atoms. The molecule has 0 radical (unpaired) electrons. The summed E-state index contributed by atoms with van der Waals surface area (Å²) in [5, 5.41) is 0. The highest BCUT2D eigenvalue weighted by Gasteiger charge is 2.20. The first-order valence-corrected chi connectivity index (χ1v) is 4.54. The summed E-state index contributed by atoms with van der Waals surface area (Å²) in [6.07, 6.45) is 4.55. The highest BCUT2D eigenvalue weighted by molar-refractivity contribution is 5.74. The van der Waals surface area contributed by atoms with E-state index < -0.39 is 0 Å². The second-order valence-electron chi connectivity index (χ2n) is 3.42. The van der Waals surface area contributed by atoms with Crippen LogP contribution in [0.3, 0.4) is 0 Å². The van der Waals surface area contributed by atoms with Gasteiger partial charge in [0.1, 0.15) is 18.7 Å². The van der Waals surface area contributed by atoms with E-state index in [1.54, 1.807) is 0 Å². The van der Waals surface area contributed by atoms with Crippen LogP contribution < -0.4 is 0 Å². The van der Waals surface area contributed by atoms with E-state index >= 15 is 0 Å². The van der Waals surface area contributed by atoms with Crippen LogP contribution in [0.5, 0.6) is 0 Å². The van der Waals surface area contributed by atoms with Crippen LogP contribution in [0.2, 0.25) is 0 Å². The highest BCUT2D eigenvalue weighted by atomic mass is 16.5. The van der Waals surface area contributed by atoms with Gasteiger partial charge in [-0.3, -0.25) is 4.79 Å². The predicted molar refractivity (Wildman–Crippen MR) is 49.0 cm³/mol. The van der Waals surface area contributed by atoms with Crippen LogP contribution in [-0.4, -0.2) is 31.4 Å². The van der Waals surface area contributed by atoms with Crippen molar-refractivity contribution in [3.05, 3.63) is 23.1 Å². The van der Waals surface area contributed by atoms with Gasteiger partial charge < -0.3 is 9.64 Å². The number of ether oxygens (including phenoxy) is 1. The number of likely N-dealkylation sites (N-methyl/N-ethyl adjacent to an activating group) is 1. The van der Waals surface area contributed by atoms with Crippen molar-refractivity contribution in [2.45, 2.75) is 12.8 Å². The summed E-state index contributed by atoms with van der Waals surface area (Å²) in [7, 11) is 2.07. The van der Waals surface area contributed by atoms with Gasteiger partial charge in [0.15, 0.2) is 0 Å². The number of hydrogen-bond acceptors (Lipinski definition) is 3. The smallest absolute Gasteiger partial charge is 0.146 e. The summed E-state index contributed by atoms with van der Waals surface area (Å²) in [6.45, 7) is 1.67. The molecule has 0 spiro atoms. The fourth-order valence-electron chi connectivity index (χ4n) is 1.73. The molecule has 1 aliphatic carbocycles. The SMILES string of the molecule is CN1CCOC2=C1CCC(C=O)=C2. The molecule has 2 aliphatic rings. The van der Waals surface area contributed by atoms with Gasteiger partial charge in [-0.15, -0.1) is 0 Å².